The van der Waals surface area contributed by atoms with Gasteiger partial charge < -0.3 is 10.1 Å². The van der Waals surface area contributed by atoms with Gasteiger partial charge in [-0.1, -0.05) is 33.1 Å². The Kier molecular flexibility index (Phi) is 6.66. The Morgan fingerprint density at radius 3 is 2.42 bits per heavy atom. The average Bonchev–Trinajstić information content (AvgIpc) is 2.47. The molecule has 2 rings (SSSR count). The molecule has 0 aromatic carbocycles. The summed E-state index contributed by atoms with van der Waals surface area (Å²) >= 11 is 0. The Hall–Kier alpha value is -0.0800. The van der Waals surface area contributed by atoms with Crippen molar-refractivity contribution in [2.45, 2.75) is 96.3 Å². The molecule has 2 nitrogen and oxygen atoms in total. The highest BCUT2D eigenvalue weighted by Gasteiger charge is 2.27. The van der Waals surface area contributed by atoms with Gasteiger partial charge in [0.15, 0.2) is 0 Å². The Balaban J connectivity index is 1.64. The van der Waals surface area contributed by atoms with E-state index < -0.39 is 0 Å². The van der Waals surface area contributed by atoms with Gasteiger partial charge >= 0.3 is 0 Å². The molecule has 2 aliphatic rings. The van der Waals surface area contributed by atoms with E-state index in [1.807, 2.05) is 0 Å². The highest BCUT2D eigenvalue weighted by molar-refractivity contribution is 4.80. The van der Waals surface area contributed by atoms with Crippen molar-refractivity contribution in [1.29, 1.82) is 0 Å². The molecule has 2 unspecified atom stereocenters. The van der Waals surface area contributed by atoms with Gasteiger partial charge in [-0.15, -0.1) is 0 Å². The fourth-order valence-electron chi connectivity index (χ4n) is 3.76. The Morgan fingerprint density at radius 1 is 0.947 bits per heavy atom. The maximum absolute atomic E-state index is 6.39. The lowest BCUT2D eigenvalue weighted by Gasteiger charge is -2.35. The van der Waals surface area contributed by atoms with Crippen molar-refractivity contribution in [1.82, 2.24) is 5.32 Å². The van der Waals surface area contributed by atoms with Gasteiger partial charge in [0.1, 0.15) is 0 Å². The van der Waals surface area contributed by atoms with Gasteiger partial charge in [0.2, 0.25) is 0 Å². The van der Waals surface area contributed by atoms with Crippen LogP contribution < -0.4 is 5.32 Å². The first-order chi connectivity index (χ1) is 9.31. The van der Waals surface area contributed by atoms with Crippen LogP contribution in [0.1, 0.15) is 78.1 Å². The van der Waals surface area contributed by atoms with Crippen LogP contribution in [0.4, 0.5) is 0 Å². The SMILES string of the molecule is CCCNC1CCC(OC2CCCC(CC)C2)CC1. The summed E-state index contributed by atoms with van der Waals surface area (Å²) in [6.45, 7) is 5.75. The predicted octanol–water partition coefficient (Wildman–Crippen LogP) is 4.28. The predicted molar refractivity (Wildman–Crippen MR) is 81.5 cm³/mol. The van der Waals surface area contributed by atoms with Crippen molar-refractivity contribution in [2.75, 3.05) is 6.54 Å². The van der Waals surface area contributed by atoms with Gasteiger partial charge in [-0.05, 0) is 57.4 Å². The third-order valence-electron chi connectivity index (χ3n) is 5.05. The minimum atomic E-state index is 0.556. The van der Waals surface area contributed by atoms with Gasteiger partial charge in [0.25, 0.3) is 0 Å². The summed E-state index contributed by atoms with van der Waals surface area (Å²) in [5.41, 5.74) is 0. The van der Waals surface area contributed by atoms with E-state index in [0.29, 0.717) is 12.2 Å². The molecule has 0 aromatic rings. The normalized spacial score (nSPS) is 36.3. The van der Waals surface area contributed by atoms with Crippen LogP contribution in [0.25, 0.3) is 0 Å². The molecular weight excluding hydrogens is 234 g/mol. The molecule has 1 N–H and O–H groups in total. The maximum atomic E-state index is 6.39. The molecule has 2 saturated carbocycles. The van der Waals surface area contributed by atoms with E-state index in [4.69, 9.17) is 4.74 Å². The Bertz CT molecular complexity index is 235. The van der Waals surface area contributed by atoms with Crippen LogP contribution in [-0.2, 0) is 4.74 Å². The van der Waals surface area contributed by atoms with E-state index in [0.717, 1.165) is 12.0 Å². The van der Waals surface area contributed by atoms with Crippen molar-refractivity contribution >= 4 is 0 Å². The first-order valence-electron chi connectivity index (χ1n) is 8.70. The average molecular weight is 267 g/mol. The largest absolute Gasteiger partial charge is 0.375 e. The van der Waals surface area contributed by atoms with Gasteiger partial charge in [-0.2, -0.15) is 0 Å². The summed E-state index contributed by atoms with van der Waals surface area (Å²) in [4.78, 5) is 0. The van der Waals surface area contributed by atoms with Crippen LogP contribution in [0, 0.1) is 5.92 Å². The summed E-state index contributed by atoms with van der Waals surface area (Å²) in [5.74, 6) is 0.932. The van der Waals surface area contributed by atoms with Crippen LogP contribution >= 0.6 is 0 Å². The molecule has 2 heteroatoms. The van der Waals surface area contributed by atoms with Crippen LogP contribution in [-0.4, -0.2) is 24.8 Å². The minimum absolute atomic E-state index is 0.556. The number of rotatable bonds is 6. The zero-order valence-electron chi connectivity index (χ0n) is 13.0. The monoisotopic (exact) mass is 267 g/mol. The van der Waals surface area contributed by atoms with Crippen molar-refractivity contribution in [3.05, 3.63) is 0 Å². The summed E-state index contributed by atoms with van der Waals surface area (Å²) in [5, 5.41) is 3.66. The number of ether oxygens (including phenoxy) is 1. The zero-order valence-corrected chi connectivity index (χ0v) is 13.0. The van der Waals surface area contributed by atoms with E-state index in [9.17, 15) is 0 Å². The Morgan fingerprint density at radius 2 is 1.74 bits per heavy atom. The fourth-order valence-corrected chi connectivity index (χ4v) is 3.76. The maximum Gasteiger partial charge on any atom is 0.0581 e. The highest BCUT2D eigenvalue weighted by atomic mass is 16.5. The second-order valence-corrected chi connectivity index (χ2v) is 6.63. The van der Waals surface area contributed by atoms with Crippen molar-refractivity contribution < 1.29 is 4.74 Å². The van der Waals surface area contributed by atoms with Gasteiger partial charge in [0, 0.05) is 6.04 Å². The van der Waals surface area contributed by atoms with Crippen LogP contribution in [0.2, 0.25) is 0 Å². The molecule has 2 atom stereocenters. The molecule has 19 heavy (non-hydrogen) atoms. The molecule has 2 aliphatic carbocycles. The summed E-state index contributed by atoms with van der Waals surface area (Å²) in [7, 11) is 0. The molecular formula is C17H33NO. The molecule has 0 radical (unpaired) electrons. The summed E-state index contributed by atoms with van der Waals surface area (Å²) in [6, 6.07) is 0.759. The van der Waals surface area contributed by atoms with E-state index in [1.165, 1.54) is 70.8 Å². The number of hydrogen-bond donors (Lipinski definition) is 1. The lowest BCUT2D eigenvalue weighted by atomic mass is 9.85. The lowest BCUT2D eigenvalue weighted by molar-refractivity contribution is -0.0573. The van der Waals surface area contributed by atoms with Crippen molar-refractivity contribution in [3.8, 4) is 0 Å². The molecule has 2 fully saturated rings. The lowest BCUT2D eigenvalue weighted by Crippen LogP contribution is -2.37. The zero-order chi connectivity index (χ0) is 13.5. The number of nitrogens with one attached hydrogen (secondary N) is 1. The highest BCUT2D eigenvalue weighted by Crippen LogP contribution is 2.31. The number of hydrogen-bond acceptors (Lipinski definition) is 2. The first kappa shape index (κ1) is 15.3. The second-order valence-electron chi connectivity index (χ2n) is 6.63. The van der Waals surface area contributed by atoms with Gasteiger partial charge in [-0.25, -0.2) is 0 Å². The third-order valence-corrected chi connectivity index (χ3v) is 5.05. The van der Waals surface area contributed by atoms with Crippen LogP contribution in [0.5, 0.6) is 0 Å². The Labute approximate surface area is 119 Å². The van der Waals surface area contributed by atoms with Gasteiger partial charge in [0.05, 0.1) is 12.2 Å². The standard InChI is InChI=1S/C17H33NO/c1-3-12-18-15-8-10-16(11-9-15)19-17-7-5-6-14(4-2)13-17/h14-18H,3-13H2,1-2H3. The van der Waals surface area contributed by atoms with Crippen molar-refractivity contribution in [2.24, 2.45) is 5.92 Å². The van der Waals surface area contributed by atoms with E-state index in [2.05, 4.69) is 19.2 Å². The second kappa shape index (κ2) is 8.26. The van der Waals surface area contributed by atoms with Crippen LogP contribution in [0.15, 0.2) is 0 Å². The van der Waals surface area contributed by atoms with E-state index in [-0.39, 0.29) is 0 Å². The van der Waals surface area contributed by atoms with Crippen molar-refractivity contribution in [3.63, 3.8) is 0 Å². The van der Waals surface area contributed by atoms with E-state index in [1.54, 1.807) is 0 Å². The van der Waals surface area contributed by atoms with E-state index >= 15 is 0 Å². The molecule has 0 heterocycles. The smallest absolute Gasteiger partial charge is 0.0581 e. The summed E-state index contributed by atoms with van der Waals surface area (Å²) in [6.07, 6.45) is 14.3. The summed E-state index contributed by atoms with van der Waals surface area (Å²) < 4.78 is 6.39. The third kappa shape index (κ3) is 5.07. The molecule has 112 valence electrons. The topological polar surface area (TPSA) is 21.3 Å². The first-order valence-corrected chi connectivity index (χ1v) is 8.70. The molecule has 0 bridgehead atoms. The van der Waals surface area contributed by atoms with Crippen LogP contribution in [0.3, 0.4) is 0 Å². The van der Waals surface area contributed by atoms with Gasteiger partial charge in [-0.3, -0.25) is 0 Å². The molecule has 0 aliphatic heterocycles. The molecule has 0 aromatic heterocycles. The minimum Gasteiger partial charge on any atom is -0.375 e. The molecule has 0 amide bonds. The quantitative estimate of drug-likeness (QED) is 0.775. The molecule has 0 spiro atoms. The fraction of sp³-hybridized carbons (Fsp3) is 1.00. The molecule has 0 saturated heterocycles.